The smallest absolute Gasteiger partial charge is 0.316 e. The number of carbonyl (C=O) groups excluding carboxylic acids is 1. The van der Waals surface area contributed by atoms with E-state index in [0.29, 0.717) is 0 Å². The zero-order valence-corrected chi connectivity index (χ0v) is 7.07. The van der Waals surface area contributed by atoms with Gasteiger partial charge in [-0.1, -0.05) is 6.42 Å². The Bertz CT molecular complexity index is 89.7. The molecule has 0 aliphatic carbocycles. The van der Waals surface area contributed by atoms with Crippen LogP contribution in [0.1, 0.15) is 25.7 Å². The molecule has 0 saturated carbocycles. The minimum Gasteiger partial charge on any atom is -0.356 e. The molecule has 1 N–H and O–H groups in total. The molecule has 0 bridgehead atoms. The lowest BCUT2D eigenvalue weighted by atomic mass is 10.2. The van der Waals surface area contributed by atoms with Crippen molar-refractivity contribution in [1.29, 1.82) is 0 Å². The predicted octanol–water partition coefficient (Wildman–Crippen LogP) is 0.338. The summed E-state index contributed by atoms with van der Waals surface area (Å²) in [5.74, 6) is 0.225. The Labute approximate surface area is 88.1 Å². The average molecular weight is 220 g/mol. The predicted molar refractivity (Wildman–Crippen MR) is 50.3 cm³/mol. The highest BCUT2D eigenvalue weighted by Crippen LogP contribution is 2.02. The molecule has 1 aliphatic rings. The normalized spacial score (nSPS) is 17.4. The fraction of sp³-hybridized carbons (Fsp3) is 0.833. The van der Waals surface area contributed by atoms with Gasteiger partial charge < -0.3 is 5.32 Å². The summed E-state index contributed by atoms with van der Waals surface area (Å²) in [5.41, 5.74) is 0. The maximum absolute atomic E-state index is 10.6. The van der Waals surface area contributed by atoms with Crippen molar-refractivity contribution >= 4 is 45.9 Å². The van der Waals surface area contributed by atoms with Gasteiger partial charge in [-0.2, -0.15) is 0 Å². The van der Waals surface area contributed by atoms with Gasteiger partial charge in [-0.15, -0.1) is 17.0 Å². The maximum atomic E-state index is 10.6. The van der Waals surface area contributed by atoms with Crippen molar-refractivity contribution < 1.29 is 4.79 Å². The van der Waals surface area contributed by atoms with Crippen LogP contribution < -0.4 is 5.32 Å². The van der Waals surface area contributed by atoms with Crippen LogP contribution in [0.3, 0.4) is 0 Å². The van der Waals surface area contributed by atoms with E-state index in [9.17, 15) is 4.79 Å². The summed E-state index contributed by atoms with van der Waals surface area (Å²) in [6.45, 7) is 0.888. The average Bonchev–Trinajstić information content (AvgIpc) is 1.94. The van der Waals surface area contributed by atoms with E-state index in [1.807, 2.05) is 0 Å². The molecule has 1 saturated heterocycles. The molecule has 1 amide bonds. The summed E-state index contributed by atoms with van der Waals surface area (Å²) in [7, 11) is 0. The molecule has 1 aliphatic heterocycles. The van der Waals surface area contributed by atoms with Gasteiger partial charge in [0.25, 0.3) is 0 Å². The first-order valence-electron chi connectivity index (χ1n) is 3.16. The third-order valence-electron chi connectivity index (χ3n) is 1.40. The van der Waals surface area contributed by atoms with Crippen molar-refractivity contribution in [2.45, 2.75) is 25.7 Å². The molecule has 0 aromatic rings. The van der Waals surface area contributed by atoms with Gasteiger partial charge in [0.1, 0.15) is 0 Å². The fourth-order valence-corrected chi connectivity index (χ4v) is 0.904. The number of carbonyl (C=O) groups is 1. The fourth-order valence-electron chi connectivity index (χ4n) is 0.904. The molecule has 58 valence electrons. The highest BCUT2D eigenvalue weighted by molar-refractivity contribution is 8.93. The number of amides is 1. The van der Waals surface area contributed by atoms with Crippen LogP contribution in [0, 0.1) is 0 Å². The lowest BCUT2D eigenvalue weighted by molar-refractivity contribution is -0.120. The second-order valence-corrected chi connectivity index (χ2v) is 2.16. The summed E-state index contributed by atoms with van der Waals surface area (Å²) in [6, 6.07) is 0. The number of halogens is 1. The molecule has 0 aromatic carbocycles. The van der Waals surface area contributed by atoms with Gasteiger partial charge in [0.15, 0.2) is 0 Å². The van der Waals surface area contributed by atoms with Crippen molar-refractivity contribution in [2.24, 2.45) is 0 Å². The molecule has 1 rings (SSSR count). The van der Waals surface area contributed by atoms with Crippen molar-refractivity contribution in [2.75, 3.05) is 6.54 Å². The van der Waals surface area contributed by atoms with Gasteiger partial charge in [-0.05, 0) is 12.8 Å². The number of nitrogens with one attached hydrogen (secondary N) is 1. The van der Waals surface area contributed by atoms with Crippen molar-refractivity contribution in [3.05, 3.63) is 0 Å². The van der Waals surface area contributed by atoms with E-state index in [1.165, 1.54) is 6.42 Å². The van der Waals surface area contributed by atoms with Crippen LogP contribution in [0.2, 0.25) is 0 Å². The van der Waals surface area contributed by atoms with E-state index in [1.54, 1.807) is 0 Å². The summed E-state index contributed by atoms with van der Waals surface area (Å²) >= 11 is 0. The van der Waals surface area contributed by atoms with Crippen LogP contribution in [-0.2, 0) is 4.79 Å². The monoisotopic (exact) mass is 219 g/mol. The standard InChI is InChI=1S/C6H11NO.BrH.Mg.2H/c8-6-4-2-1-3-5-7-6;;;;/h1-5H2,(H,7,8);1H;;;. The first kappa shape index (κ1) is 13.3. The summed E-state index contributed by atoms with van der Waals surface area (Å²) in [5, 5.41) is 2.81. The maximum Gasteiger partial charge on any atom is 0.316 e. The molecule has 1 fully saturated rings. The molecule has 0 aromatic heterocycles. The van der Waals surface area contributed by atoms with E-state index in [-0.39, 0.29) is 45.9 Å². The largest absolute Gasteiger partial charge is 0.356 e. The molecule has 2 nitrogen and oxygen atoms in total. The number of rotatable bonds is 0. The first-order chi connectivity index (χ1) is 3.89. The van der Waals surface area contributed by atoms with Crippen molar-refractivity contribution in [1.82, 2.24) is 5.32 Å². The SMILES string of the molecule is Br.O=C1CCCCCN1.[MgH2]. The Morgan fingerprint density at radius 3 is 2.60 bits per heavy atom. The topological polar surface area (TPSA) is 29.1 Å². The Morgan fingerprint density at radius 2 is 1.90 bits per heavy atom. The van der Waals surface area contributed by atoms with E-state index >= 15 is 0 Å². The summed E-state index contributed by atoms with van der Waals surface area (Å²) in [6.07, 6.45) is 4.18. The van der Waals surface area contributed by atoms with Crippen molar-refractivity contribution in [3.8, 4) is 0 Å². The van der Waals surface area contributed by atoms with Crippen LogP contribution >= 0.6 is 17.0 Å². The molecule has 0 radical (unpaired) electrons. The molecule has 4 heteroatoms. The van der Waals surface area contributed by atoms with E-state index in [4.69, 9.17) is 0 Å². The Morgan fingerprint density at radius 1 is 1.20 bits per heavy atom. The quantitative estimate of drug-likeness (QED) is 0.586. The third-order valence-corrected chi connectivity index (χ3v) is 1.40. The zero-order chi connectivity index (χ0) is 5.82. The molecule has 10 heavy (non-hydrogen) atoms. The Kier molecular flexibility index (Phi) is 10.4. The number of hydrogen-bond acceptors (Lipinski definition) is 1. The molecule has 0 unspecified atom stereocenters. The summed E-state index contributed by atoms with van der Waals surface area (Å²) < 4.78 is 0. The van der Waals surface area contributed by atoms with Gasteiger partial charge in [0, 0.05) is 13.0 Å². The van der Waals surface area contributed by atoms with Crippen LogP contribution in [0.5, 0.6) is 0 Å². The van der Waals surface area contributed by atoms with Crippen LogP contribution in [-0.4, -0.2) is 35.5 Å². The van der Waals surface area contributed by atoms with Gasteiger partial charge in [0.2, 0.25) is 5.91 Å². The van der Waals surface area contributed by atoms with Gasteiger partial charge in [0.05, 0.1) is 0 Å². The van der Waals surface area contributed by atoms with Gasteiger partial charge >= 0.3 is 23.1 Å². The highest BCUT2D eigenvalue weighted by atomic mass is 79.9. The summed E-state index contributed by atoms with van der Waals surface area (Å²) in [4.78, 5) is 10.6. The second-order valence-electron chi connectivity index (χ2n) is 2.16. The minimum absolute atomic E-state index is 0. The zero-order valence-electron chi connectivity index (χ0n) is 5.35. The highest BCUT2D eigenvalue weighted by Gasteiger charge is 2.03. The van der Waals surface area contributed by atoms with Gasteiger partial charge in [-0.25, -0.2) is 0 Å². The first-order valence-corrected chi connectivity index (χ1v) is 3.16. The van der Waals surface area contributed by atoms with E-state index in [0.717, 1.165) is 25.8 Å². The Balaban J connectivity index is 0. The van der Waals surface area contributed by atoms with Crippen molar-refractivity contribution in [3.63, 3.8) is 0 Å². The molecule has 1 heterocycles. The van der Waals surface area contributed by atoms with Gasteiger partial charge in [-0.3, -0.25) is 4.79 Å². The van der Waals surface area contributed by atoms with Crippen LogP contribution in [0.25, 0.3) is 0 Å². The lowest BCUT2D eigenvalue weighted by Gasteiger charge is -1.93. The van der Waals surface area contributed by atoms with E-state index < -0.39 is 0 Å². The number of hydrogen-bond donors (Lipinski definition) is 1. The minimum atomic E-state index is 0. The molecule has 0 atom stereocenters. The van der Waals surface area contributed by atoms with Crippen LogP contribution in [0.4, 0.5) is 0 Å². The molecule has 0 spiro atoms. The second kappa shape index (κ2) is 7.82. The Hall–Kier alpha value is 0.716. The molecular weight excluding hydrogens is 206 g/mol. The van der Waals surface area contributed by atoms with E-state index in [2.05, 4.69) is 5.32 Å². The third kappa shape index (κ3) is 5.50. The van der Waals surface area contributed by atoms with Crippen LogP contribution in [0.15, 0.2) is 0 Å². The lowest BCUT2D eigenvalue weighted by Crippen LogP contribution is -2.21. The molecular formula is C6H14BrMgNO.